The van der Waals surface area contributed by atoms with E-state index in [1.807, 2.05) is 0 Å². The third-order valence-corrected chi connectivity index (χ3v) is 4.15. The minimum absolute atomic E-state index is 0.155. The molecular weight excluding hydrogens is 252 g/mol. The molecule has 1 aliphatic rings. The first-order chi connectivity index (χ1) is 9.52. The van der Waals surface area contributed by atoms with Crippen molar-refractivity contribution in [2.45, 2.75) is 39.7 Å². The summed E-state index contributed by atoms with van der Waals surface area (Å²) in [6.07, 6.45) is 2.29. The lowest BCUT2D eigenvalue weighted by atomic mass is 10.1. The number of hydrogen-bond acceptors (Lipinski definition) is 4. The predicted molar refractivity (Wildman–Crippen MR) is 83.6 cm³/mol. The molecule has 0 saturated carbocycles. The summed E-state index contributed by atoms with van der Waals surface area (Å²) < 4.78 is 0. The van der Waals surface area contributed by atoms with Gasteiger partial charge in [0.15, 0.2) is 0 Å². The quantitative estimate of drug-likeness (QED) is 0.637. The summed E-state index contributed by atoms with van der Waals surface area (Å²) >= 11 is 0. The molecule has 1 heterocycles. The highest BCUT2D eigenvalue weighted by molar-refractivity contribution is 5.78. The van der Waals surface area contributed by atoms with Crippen molar-refractivity contribution in [3.8, 4) is 0 Å². The Labute approximate surface area is 123 Å². The molecule has 5 heteroatoms. The second-order valence-corrected chi connectivity index (χ2v) is 6.21. The first-order valence-electron chi connectivity index (χ1n) is 7.97. The number of carbonyl (C=O) groups excluding carboxylic acids is 1. The van der Waals surface area contributed by atoms with Gasteiger partial charge in [-0.15, -0.1) is 0 Å². The SMILES string of the molecule is CC(C)C(C)NC(=O)CN1CCN(CCCCN)CC1. The van der Waals surface area contributed by atoms with Crippen LogP contribution < -0.4 is 11.1 Å². The zero-order valence-electron chi connectivity index (χ0n) is 13.4. The van der Waals surface area contributed by atoms with Crippen molar-refractivity contribution in [2.75, 3.05) is 45.8 Å². The molecule has 1 fully saturated rings. The molecule has 1 atom stereocenters. The molecule has 0 aliphatic carbocycles. The van der Waals surface area contributed by atoms with E-state index >= 15 is 0 Å². The van der Waals surface area contributed by atoms with E-state index in [-0.39, 0.29) is 11.9 Å². The molecule has 5 nitrogen and oxygen atoms in total. The van der Waals surface area contributed by atoms with Gasteiger partial charge < -0.3 is 16.0 Å². The van der Waals surface area contributed by atoms with Crippen LogP contribution in [0.3, 0.4) is 0 Å². The minimum atomic E-state index is 0.155. The summed E-state index contributed by atoms with van der Waals surface area (Å²) in [4.78, 5) is 16.7. The summed E-state index contributed by atoms with van der Waals surface area (Å²) in [5, 5.41) is 3.07. The Kier molecular flexibility index (Phi) is 8.11. The molecule has 3 N–H and O–H groups in total. The topological polar surface area (TPSA) is 61.6 Å². The summed E-state index contributed by atoms with van der Waals surface area (Å²) in [5.41, 5.74) is 5.51. The molecule has 1 unspecified atom stereocenters. The highest BCUT2D eigenvalue weighted by atomic mass is 16.2. The van der Waals surface area contributed by atoms with E-state index in [1.165, 1.54) is 6.42 Å². The number of amides is 1. The van der Waals surface area contributed by atoms with Crippen LogP contribution in [0.15, 0.2) is 0 Å². The largest absolute Gasteiger partial charge is 0.352 e. The van der Waals surface area contributed by atoms with Crippen LogP contribution >= 0.6 is 0 Å². The third-order valence-electron chi connectivity index (χ3n) is 4.15. The average Bonchev–Trinajstić information content (AvgIpc) is 2.40. The van der Waals surface area contributed by atoms with E-state index in [0.29, 0.717) is 12.5 Å². The van der Waals surface area contributed by atoms with Gasteiger partial charge in [-0.2, -0.15) is 0 Å². The van der Waals surface area contributed by atoms with Crippen LogP contribution in [0.1, 0.15) is 33.6 Å². The van der Waals surface area contributed by atoms with E-state index in [9.17, 15) is 4.79 Å². The smallest absolute Gasteiger partial charge is 0.234 e. The summed E-state index contributed by atoms with van der Waals surface area (Å²) in [7, 11) is 0. The fourth-order valence-corrected chi connectivity index (χ4v) is 2.32. The van der Waals surface area contributed by atoms with Crippen molar-refractivity contribution in [3.05, 3.63) is 0 Å². The number of rotatable bonds is 8. The fraction of sp³-hybridized carbons (Fsp3) is 0.933. The molecule has 0 spiro atoms. The van der Waals surface area contributed by atoms with Crippen LogP contribution in [0.4, 0.5) is 0 Å². The van der Waals surface area contributed by atoms with E-state index < -0.39 is 0 Å². The van der Waals surface area contributed by atoms with Crippen LogP contribution in [0.5, 0.6) is 0 Å². The van der Waals surface area contributed by atoms with E-state index in [0.717, 1.165) is 45.7 Å². The number of nitrogens with two attached hydrogens (primary N) is 1. The minimum Gasteiger partial charge on any atom is -0.352 e. The second kappa shape index (κ2) is 9.32. The van der Waals surface area contributed by atoms with Crippen molar-refractivity contribution in [2.24, 2.45) is 11.7 Å². The monoisotopic (exact) mass is 284 g/mol. The van der Waals surface area contributed by atoms with Gasteiger partial charge >= 0.3 is 0 Å². The van der Waals surface area contributed by atoms with E-state index in [1.54, 1.807) is 0 Å². The van der Waals surface area contributed by atoms with Gasteiger partial charge in [-0.1, -0.05) is 13.8 Å². The normalized spacial score (nSPS) is 19.2. The van der Waals surface area contributed by atoms with E-state index in [4.69, 9.17) is 5.73 Å². The Hall–Kier alpha value is -0.650. The number of nitrogens with one attached hydrogen (secondary N) is 1. The maximum absolute atomic E-state index is 11.9. The van der Waals surface area contributed by atoms with Gasteiger partial charge in [-0.05, 0) is 38.8 Å². The van der Waals surface area contributed by atoms with Crippen molar-refractivity contribution in [3.63, 3.8) is 0 Å². The molecular formula is C15H32N4O. The molecule has 0 bridgehead atoms. The average molecular weight is 284 g/mol. The van der Waals surface area contributed by atoms with E-state index in [2.05, 4.69) is 35.9 Å². The lowest BCUT2D eigenvalue weighted by Crippen LogP contribution is -2.50. The zero-order valence-corrected chi connectivity index (χ0v) is 13.4. The van der Waals surface area contributed by atoms with Crippen LogP contribution in [-0.2, 0) is 4.79 Å². The van der Waals surface area contributed by atoms with Crippen molar-refractivity contribution < 1.29 is 4.79 Å². The molecule has 1 amide bonds. The molecule has 1 aliphatic heterocycles. The summed E-state index contributed by atoms with van der Waals surface area (Å²) in [6, 6.07) is 0.250. The Bertz CT molecular complexity index is 275. The first kappa shape index (κ1) is 17.4. The molecule has 1 rings (SSSR count). The van der Waals surface area contributed by atoms with Gasteiger partial charge in [0, 0.05) is 32.2 Å². The Balaban J connectivity index is 2.17. The Morgan fingerprint density at radius 1 is 1.10 bits per heavy atom. The number of carbonyl (C=O) groups is 1. The van der Waals surface area contributed by atoms with Crippen molar-refractivity contribution in [1.29, 1.82) is 0 Å². The van der Waals surface area contributed by atoms with Gasteiger partial charge in [0.25, 0.3) is 0 Å². The third kappa shape index (κ3) is 6.68. The van der Waals surface area contributed by atoms with Gasteiger partial charge in [0.05, 0.1) is 6.54 Å². The van der Waals surface area contributed by atoms with Crippen molar-refractivity contribution in [1.82, 2.24) is 15.1 Å². The maximum Gasteiger partial charge on any atom is 0.234 e. The molecule has 0 radical (unpaired) electrons. The van der Waals surface area contributed by atoms with Gasteiger partial charge in [-0.25, -0.2) is 0 Å². The maximum atomic E-state index is 11.9. The molecule has 1 saturated heterocycles. The standard InChI is InChI=1S/C15H32N4O/c1-13(2)14(3)17-15(20)12-19-10-8-18(9-11-19)7-5-4-6-16/h13-14H,4-12,16H2,1-3H3,(H,17,20). The lowest BCUT2D eigenvalue weighted by Gasteiger charge is -2.34. The number of hydrogen-bond donors (Lipinski definition) is 2. The lowest BCUT2D eigenvalue weighted by molar-refractivity contribution is -0.123. The van der Waals surface area contributed by atoms with Crippen molar-refractivity contribution >= 4 is 5.91 Å². The first-order valence-corrected chi connectivity index (χ1v) is 7.97. The molecule has 20 heavy (non-hydrogen) atoms. The Morgan fingerprint density at radius 2 is 1.70 bits per heavy atom. The molecule has 0 aromatic rings. The molecule has 118 valence electrons. The van der Waals surface area contributed by atoms with Gasteiger partial charge in [0.2, 0.25) is 5.91 Å². The fourth-order valence-electron chi connectivity index (χ4n) is 2.32. The molecule has 0 aromatic carbocycles. The Morgan fingerprint density at radius 3 is 2.25 bits per heavy atom. The van der Waals surface area contributed by atoms with Crippen LogP contribution in [0, 0.1) is 5.92 Å². The summed E-state index contributed by atoms with van der Waals surface area (Å²) in [5.74, 6) is 0.640. The summed E-state index contributed by atoms with van der Waals surface area (Å²) in [6.45, 7) is 12.9. The van der Waals surface area contributed by atoms with Crippen LogP contribution in [0.2, 0.25) is 0 Å². The highest BCUT2D eigenvalue weighted by Gasteiger charge is 2.19. The second-order valence-electron chi connectivity index (χ2n) is 6.21. The van der Waals surface area contributed by atoms with Gasteiger partial charge in [0.1, 0.15) is 0 Å². The predicted octanol–water partition coefficient (Wildman–Crippen LogP) is 0.504. The highest BCUT2D eigenvalue weighted by Crippen LogP contribution is 2.04. The number of nitrogens with zero attached hydrogens (tertiary/aromatic N) is 2. The number of piperazine rings is 1. The van der Waals surface area contributed by atoms with Crippen LogP contribution in [0.25, 0.3) is 0 Å². The zero-order chi connectivity index (χ0) is 15.0. The molecule has 0 aromatic heterocycles. The number of unbranched alkanes of at least 4 members (excludes halogenated alkanes) is 1. The van der Waals surface area contributed by atoms with Crippen LogP contribution in [-0.4, -0.2) is 67.6 Å². The van der Waals surface area contributed by atoms with Gasteiger partial charge in [-0.3, -0.25) is 9.69 Å².